The lowest BCUT2D eigenvalue weighted by atomic mass is 10.3. The van der Waals surface area contributed by atoms with Gasteiger partial charge in [0.15, 0.2) is 0 Å². The molecule has 3 nitrogen and oxygen atoms in total. The Morgan fingerprint density at radius 3 is 1.54 bits per heavy atom. The van der Waals surface area contributed by atoms with E-state index in [1.165, 1.54) is 32.6 Å². The van der Waals surface area contributed by atoms with Gasteiger partial charge in [-0.3, -0.25) is 0 Å². The van der Waals surface area contributed by atoms with Gasteiger partial charge in [-0.15, -0.1) is 0 Å². The molecule has 0 amide bonds. The molecule has 0 heterocycles. The van der Waals surface area contributed by atoms with E-state index in [-0.39, 0.29) is 0 Å². The van der Waals surface area contributed by atoms with Crippen molar-refractivity contribution in [2.75, 3.05) is 13.2 Å². The van der Waals surface area contributed by atoms with Crippen LogP contribution < -0.4 is 0 Å². The first-order chi connectivity index (χ1) is 6.15. The summed E-state index contributed by atoms with van der Waals surface area (Å²) in [6.45, 7) is 7.55. The third kappa shape index (κ3) is 33.5. The Hall–Kier alpha value is -0.120. The van der Waals surface area contributed by atoms with Crippen molar-refractivity contribution in [1.29, 1.82) is 0 Å². The maximum Gasteiger partial charge on any atom is 0.148 e. The lowest BCUT2D eigenvalue weighted by Crippen LogP contribution is -1.95. The van der Waals surface area contributed by atoms with E-state index in [1.54, 1.807) is 0 Å². The summed E-state index contributed by atoms with van der Waals surface area (Å²) >= 11 is 0. The van der Waals surface area contributed by atoms with E-state index in [0.717, 1.165) is 13.2 Å². The van der Waals surface area contributed by atoms with Crippen molar-refractivity contribution >= 4 is 0 Å². The van der Waals surface area contributed by atoms with E-state index >= 15 is 0 Å². The molecule has 0 radical (unpaired) electrons. The third-order valence-electron chi connectivity index (χ3n) is 1.28. The predicted octanol–water partition coefficient (Wildman–Crippen LogP) is 1.92. The second-order valence-electron chi connectivity index (χ2n) is 2.95. The van der Waals surface area contributed by atoms with E-state index in [4.69, 9.17) is 14.9 Å². The van der Waals surface area contributed by atoms with E-state index < -0.39 is 6.29 Å². The van der Waals surface area contributed by atoms with Crippen LogP contribution in [0.5, 0.6) is 0 Å². The van der Waals surface area contributed by atoms with Crippen LogP contribution in [0.15, 0.2) is 0 Å². The molecule has 0 aliphatic heterocycles. The number of unbranched alkanes of at least 4 members (excludes halogenated alkanes) is 2. The highest BCUT2D eigenvalue weighted by Gasteiger charge is 1.84. The lowest BCUT2D eigenvalue weighted by Gasteiger charge is -1.99. The second-order valence-corrected chi connectivity index (χ2v) is 2.95. The fourth-order valence-corrected chi connectivity index (χ4v) is 0.595. The quantitative estimate of drug-likeness (QED) is 0.499. The SMILES string of the molecule is CC(O)O.CCCCOCCCC. The van der Waals surface area contributed by atoms with Crippen molar-refractivity contribution in [3.8, 4) is 0 Å². The highest BCUT2D eigenvalue weighted by molar-refractivity contribution is 4.33. The number of aliphatic hydroxyl groups is 2. The molecule has 0 atom stereocenters. The highest BCUT2D eigenvalue weighted by atomic mass is 16.5. The van der Waals surface area contributed by atoms with Gasteiger partial charge in [0.25, 0.3) is 0 Å². The van der Waals surface area contributed by atoms with Crippen LogP contribution in [0.25, 0.3) is 0 Å². The van der Waals surface area contributed by atoms with Gasteiger partial charge in [0, 0.05) is 13.2 Å². The van der Waals surface area contributed by atoms with Gasteiger partial charge in [-0.05, 0) is 19.8 Å². The van der Waals surface area contributed by atoms with E-state index in [9.17, 15) is 0 Å². The van der Waals surface area contributed by atoms with Gasteiger partial charge in [-0.25, -0.2) is 0 Å². The van der Waals surface area contributed by atoms with Crippen LogP contribution in [0.3, 0.4) is 0 Å². The number of aliphatic hydroxyl groups excluding tert-OH is 1. The summed E-state index contributed by atoms with van der Waals surface area (Å²) in [4.78, 5) is 0. The fraction of sp³-hybridized carbons (Fsp3) is 1.00. The molecular weight excluding hydrogens is 168 g/mol. The first-order valence-electron chi connectivity index (χ1n) is 5.09. The number of ether oxygens (including phenoxy) is 1. The minimum atomic E-state index is -1.17. The molecule has 0 aromatic heterocycles. The fourth-order valence-electron chi connectivity index (χ4n) is 0.595. The Balaban J connectivity index is 0. The third-order valence-corrected chi connectivity index (χ3v) is 1.28. The zero-order valence-corrected chi connectivity index (χ0v) is 9.12. The molecule has 0 saturated heterocycles. The van der Waals surface area contributed by atoms with Crippen LogP contribution in [0.4, 0.5) is 0 Å². The molecule has 3 heteroatoms. The molecule has 0 aliphatic carbocycles. The van der Waals surface area contributed by atoms with Gasteiger partial charge < -0.3 is 14.9 Å². The van der Waals surface area contributed by atoms with Crippen LogP contribution in [-0.2, 0) is 4.74 Å². The summed E-state index contributed by atoms with van der Waals surface area (Å²) in [6, 6.07) is 0. The van der Waals surface area contributed by atoms with E-state index in [0.29, 0.717) is 0 Å². The molecule has 0 aromatic rings. The summed E-state index contributed by atoms with van der Waals surface area (Å²) in [5, 5.41) is 15.2. The zero-order chi connectivity index (χ0) is 10.5. The van der Waals surface area contributed by atoms with Crippen molar-refractivity contribution < 1.29 is 14.9 Å². The Labute approximate surface area is 81.7 Å². The van der Waals surface area contributed by atoms with Gasteiger partial charge in [0.05, 0.1) is 0 Å². The first kappa shape index (κ1) is 15.4. The monoisotopic (exact) mass is 192 g/mol. The standard InChI is InChI=1S/C8H18O.C2H6O2/c1-3-5-7-9-8-6-4-2;1-2(3)4/h3-8H2,1-2H3;2-4H,1H3. The van der Waals surface area contributed by atoms with E-state index in [1.807, 2.05) is 0 Å². The van der Waals surface area contributed by atoms with Gasteiger partial charge in [0.1, 0.15) is 6.29 Å². The summed E-state index contributed by atoms with van der Waals surface area (Å²) in [7, 11) is 0. The largest absolute Gasteiger partial charge is 0.381 e. The van der Waals surface area contributed by atoms with Gasteiger partial charge in [0.2, 0.25) is 0 Å². The molecule has 82 valence electrons. The zero-order valence-electron chi connectivity index (χ0n) is 9.12. The molecule has 13 heavy (non-hydrogen) atoms. The summed E-state index contributed by atoms with van der Waals surface area (Å²) in [6.07, 6.45) is 3.74. The van der Waals surface area contributed by atoms with E-state index in [2.05, 4.69) is 13.8 Å². The Kier molecular flexibility index (Phi) is 17.0. The number of hydrogen-bond acceptors (Lipinski definition) is 3. The second kappa shape index (κ2) is 14.4. The van der Waals surface area contributed by atoms with Crippen LogP contribution in [0.2, 0.25) is 0 Å². The van der Waals surface area contributed by atoms with Gasteiger partial charge in [-0.2, -0.15) is 0 Å². The molecule has 0 aromatic carbocycles. The molecule has 0 fully saturated rings. The maximum atomic E-state index is 7.61. The predicted molar refractivity (Wildman–Crippen MR) is 54.5 cm³/mol. The van der Waals surface area contributed by atoms with Gasteiger partial charge >= 0.3 is 0 Å². The summed E-state index contributed by atoms with van der Waals surface area (Å²) in [5.41, 5.74) is 0. The van der Waals surface area contributed by atoms with Crippen molar-refractivity contribution in [3.63, 3.8) is 0 Å². The highest BCUT2D eigenvalue weighted by Crippen LogP contribution is 1.91. The smallest absolute Gasteiger partial charge is 0.148 e. The molecule has 0 saturated carbocycles. The van der Waals surface area contributed by atoms with Crippen molar-refractivity contribution in [3.05, 3.63) is 0 Å². The van der Waals surface area contributed by atoms with Crippen molar-refractivity contribution in [2.24, 2.45) is 0 Å². The maximum absolute atomic E-state index is 7.61. The van der Waals surface area contributed by atoms with Crippen molar-refractivity contribution in [1.82, 2.24) is 0 Å². The van der Waals surface area contributed by atoms with Gasteiger partial charge in [-0.1, -0.05) is 26.7 Å². The normalized spacial score (nSPS) is 9.69. The first-order valence-corrected chi connectivity index (χ1v) is 5.09. The van der Waals surface area contributed by atoms with Crippen molar-refractivity contribution in [2.45, 2.75) is 52.7 Å². The van der Waals surface area contributed by atoms with Crippen LogP contribution in [0, 0.1) is 0 Å². The Bertz CT molecular complexity index is 65.8. The molecular formula is C10H24O3. The minimum Gasteiger partial charge on any atom is -0.381 e. The molecule has 0 rings (SSSR count). The lowest BCUT2D eigenvalue weighted by molar-refractivity contribution is -0.0228. The number of rotatable bonds is 6. The Morgan fingerprint density at radius 1 is 1.00 bits per heavy atom. The Morgan fingerprint density at radius 2 is 1.31 bits per heavy atom. The average molecular weight is 192 g/mol. The molecule has 0 aliphatic rings. The molecule has 0 spiro atoms. The molecule has 2 N–H and O–H groups in total. The summed E-state index contributed by atoms with van der Waals surface area (Å²) < 4.78 is 5.31. The van der Waals surface area contributed by atoms with Crippen LogP contribution in [-0.4, -0.2) is 29.7 Å². The number of hydrogen-bond donors (Lipinski definition) is 2. The minimum absolute atomic E-state index is 0.955. The summed E-state index contributed by atoms with van der Waals surface area (Å²) in [5.74, 6) is 0. The topological polar surface area (TPSA) is 49.7 Å². The van der Waals surface area contributed by atoms with Crippen LogP contribution in [0.1, 0.15) is 46.5 Å². The molecule has 0 unspecified atom stereocenters. The molecule has 0 bridgehead atoms. The van der Waals surface area contributed by atoms with Crippen LogP contribution >= 0.6 is 0 Å². The average Bonchev–Trinajstić information content (AvgIpc) is 2.03.